The van der Waals surface area contributed by atoms with Crippen molar-refractivity contribution in [1.29, 1.82) is 0 Å². The highest BCUT2D eigenvalue weighted by atomic mass is 32.2. The van der Waals surface area contributed by atoms with Crippen LogP contribution in [0.5, 0.6) is 0 Å². The quantitative estimate of drug-likeness (QED) is 0.278. The van der Waals surface area contributed by atoms with E-state index in [4.69, 9.17) is 0 Å². The molecular weight excluding hydrogens is 483 g/mol. The average molecular weight is 510 g/mol. The molecule has 0 radical (unpaired) electrons. The van der Waals surface area contributed by atoms with Gasteiger partial charge >= 0.3 is 0 Å². The third-order valence-corrected chi connectivity index (χ3v) is 8.73. The summed E-state index contributed by atoms with van der Waals surface area (Å²) in [6, 6.07) is 9.97. The maximum atomic E-state index is 12.6. The van der Waals surface area contributed by atoms with E-state index in [9.17, 15) is 4.79 Å². The van der Waals surface area contributed by atoms with Crippen LogP contribution in [0.1, 0.15) is 37.1 Å². The van der Waals surface area contributed by atoms with Crippen molar-refractivity contribution >= 4 is 45.5 Å². The van der Waals surface area contributed by atoms with Gasteiger partial charge in [-0.2, -0.15) is 0 Å². The molecule has 0 aliphatic heterocycles. The number of amides is 1. The fraction of sp³-hybridized carbons (Fsp3) is 0.360. The fourth-order valence-electron chi connectivity index (χ4n) is 4.24. The third-order valence-electron chi connectivity index (χ3n) is 5.96. The van der Waals surface area contributed by atoms with Crippen molar-refractivity contribution in [3.63, 3.8) is 0 Å². The zero-order chi connectivity index (χ0) is 23.5. The number of fused-ring (bicyclic) bond motifs is 1. The molecule has 1 amide bonds. The highest BCUT2D eigenvalue weighted by molar-refractivity contribution is 7.99. The van der Waals surface area contributed by atoms with E-state index in [-0.39, 0.29) is 11.7 Å². The van der Waals surface area contributed by atoms with Crippen molar-refractivity contribution in [2.75, 3.05) is 11.1 Å². The predicted molar refractivity (Wildman–Crippen MR) is 142 cm³/mol. The van der Waals surface area contributed by atoms with Gasteiger partial charge in [-0.1, -0.05) is 55.9 Å². The molecule has 6 nitrogen and oxygen atoms in total. The van der Waals surface area contributed by atoms with Crippen molar-refractivity contribution < 1.29 is 4.79 Å². The molecule has 1 unspecified atom stereocenters. The first-order valence-electron chi connectivity index (χ1n) is 11.6. The number of thiazole rings is 1. The Morgan fingerprint density at radius 1 is 1.21 bits per heavy atom. The van der Waals surface area contributed by atoms with Gasteiger partial charge in [0.05, 0.1) is 11.4 Å². The molecule has 3 aromatic heterocycles. The monoisotopic (exact) mass is 509 g/mol. The Labute approximate surface area is 211 Å². The van der Waals surface area contributed by atoms with Crippen LogP contribution in [0.2, 0.25) is 0 Å². The number of aromatic nitrogens is 4. The number of benzene rings is 1. The van der Waals surface area contributed by atoms with E-state index >= 15 is 0 Å². The van der Waals surface area contributed by atoms with E-state index in [0.717, 1.165) is 54.0 Å². The molecule has 1 aliphatic carbocycles. The predicted octanol–water partition coefficient (Wildman–Crippen LogP) is 6.40. The van der Waals surface area contributed by atoms with E-state index < -0.39 is 0 Å². The van der Waals surface area contributed by atoms with Crippen molar-refractivity contribution in [1.82, 2.24) is 19.7 Å². The fourth-order valence-corrected chi connectivity index (χ4v) is 6.99. The van der Waals surface area contributed by atoms with E-state index in [1.807, 2.05) is 47.0 Å². The second kappa shape index (κ2) is 10.4. The first-order chi connectivity index (χ1) is 16.6. The number of anilines is 1. The van der Waals surface area contributed by atoms with Crippen LogP contribution in [0.4, 0.5) is 5.13 Å². The number of hydrogen-bond acceptors (Lipinski definition) is 7. The van der Waals surface area contributed by atoms with Crippen molar-refractivity contribution in [2.45, 2.75) is 51.2 Å². The largest absolute Gasteiger partial charge is 0.302 e. The molecule has 1 aliphatic rings. The Kier molecular flexibility index (Phi) is 7.12. The summed E-state index contributed by atoms with van der Waals surface area (Å²) in [4.78, 5) is 18.7. The lowest BCUT2D eigenvalue weighted by Crippen LogP contribution is -2.14. The Morgan fingerprint density at radius 3 is 2.88 bits per heavy atom. The zero-order valence-corrected chi connectivity index (χ0v) is 21.7. The molecule has 1 N–H and O–H groups in total. The summed E-state index contributed by atoms with van der Waals surface area (Å²) in [5.41, 5.74) is 4.58. The van der Waals surface area contributed by atoms with Gasteiger partial charge in [-0.15, -0.1) is 32.9 Å². The summed E-state index contributed by atoms with van der Waals surface area (Å²) >= 11 is 4.72. The summed E-state index contributed by atoms with van der Waals surface area (Å²) in [6.45, 7) is 5.32. The number of carbonyl (C=O) groups is 1. The van der Waals surface area contributed by atoms with E-state index in [1.54, 1.807) is 0 Å². The van der Waals surface area contributed by atoms with Gasteiger partial charge in [-0.25, -0.2) is 4.98 Å². The van der Waals surface area contributed by atoms with Gasteiger partial charge in [0.15, 0.2) is 16.1 Å². The number of nitrogens with one attached hydrogen (secondary N) is 1. The maximum Gasteiger partial charge on any atom is 0.236 e. The first-order valence-corrected chi connectivity index (χ1v) is 14.3. The van der Waals surface area contributed by atoms with Gasteiger partial charge in [0.25, 0.3) is 0 Å². The highest BCUT2D eigenvalue weighted by Crippen LogP contribution is 2.38. The van der Waals surface area contributed by atoms with Crippen LogP contribution in [-0.2, 0) is 24.2 Å². The summed E-state index contributed by atoms with van der Waals surface area (Å²) in [6.07, 6.45) is 4.48. The van der Waals surface area contributed by atoms with Crippen LogP contribution < -0.4 is 5.32 Å². The molecular formula is C25H27N5OS3. The van der Waals surface area contributed by atoms with Gasteiger partial charge < -0.3 is 9.88 Å². The van der Waals surface area contributed by atoms with Crippen LogP contribution in [0, 0.1) is 5.92 Å². The number of thioether (sulfide) groups is 1. The minimum Gasteiger partial charge on any atom is -0.302 e. The summed E-state index contributed by atoms with van der Waals surface area (Å²) < 4.78 is 2.18. The molecule has 4 aromatic rings. The number of hydrogen-bond donors (Lipinski definition) is 1. The van der Waals surface area contributed by atoms with E-state index in [2.05, 4.69) is 44.3 Å². The number of carbonyl (C=O) groups excluding carboxylic acids is 1. The molecule has 0 saturated carbocycles. The molecule has 1 atom stereocenters. The molecule has 176 valence electrons. The molecule has 9 heteroatoms. The van der Waals surface area contributed by atoms with Crippen molar-refractivity contribution in [2.24, 2.45) is 5.92 Å². The lowest BCUT2D eigenvalue weighted by Gasteiger charge is -2.19. The van der Waals surface area contributed by atoms with Crippen molar-refractivity contribution in [3.05, 3.63) is 51.5 Å². The molecule has 34 heavy (non-hydrogen) atoms. The molecule has 3 heterocycles. The zero-order valence-electron chi connectivity index (χ0n) is 19.3. The van der Waals surface area contributed by atoms with Crippen LogP contribution >= 0.6 is 34.4 Å². The normalized spacial score (nSPS) is 15.3. The van der Waals surface area contributed by atoms with Crippen LogP contribution in [0.15, 0.2) is 46.2 Å². The van der Waals surface area contributed by atoms with E-state index in [0.29, 0.717) is 5.13 Å². The molecule has 5 rings (SSSR count). The maximum absolute atomic E-state index is 12.6. The standard InChI is InChI=1S/C25H27N5OS3/c1-3-11-30-23(19-13-32-21-12-16(2)9-10-18(19)21)28-29-25(30)34-15-22(31)27-24-26-20(14-33-24)17-7-5-4-6-8-17/h4-8,13-14,16H,3,9-12,15H2,1-2H3,(H,26,27,31). The average Bonchev–Trinajstić information content (AvgIpc) is 3.57. The minimum atomic E-state index is -0.0894. The smallest absolute Gasteiger partial charge is 0.236 e. The van der Waals surface area contributed by atoms with Crippen molar-refractivity contribution in [3.8, 4) is 22.6 Å². The van der Waals surface area contributed by atoms with Gasteiger partial charge in [0.2, 0.25) is 5.91 Å². The third kappa shape index (κ3) is 4.96. The van der Waals surface area contributed by atoms with Gasteiger partial charge in [0, 0.05) is 33.3 Å². The molecule has 0 bridgehead atoms. The second-order valence-corrected chi connectivity index (χ2v) is 11.4. The first kappa shape index (κ1) is 23.3. The Morgan fingerprint density at radius 2 is 2.06 bits per heavy atom. The SMILES string of the molecule is CCCn1c(SCC(=O)Nc2nc(-c3ccccc3)cs2)nnc1-c1csc2c1CCC(C)C2. The van der Waals surface area contributed by atoms with Crippen LogP contribution in [0.3, 0.4) is 0 Å². The highest BCUT2D eigenvalue weighted by Gasteiger charge is 2.24. The van der Waals surface area contributed by atoms with E-state index in [1.165, 1.54) is 45.5 Å². The number of nitrogens with zero attached hydrogens (tertiary/aromatic N) is 4. The lowest BCUT2D eigenvalue weighted by molar-refractivity contribution is -0.113. The Bertz CT molecular complexity index is 1280. The summed E-state index contributed by atoms with van der Waals surface area (Å²) in [5, 5.41) is 17.6. The number of rotatable bonds is 8. The number of thiophene rings is 1. The second-order valence-electron chi connectivity index (χ2n) is 8.60. The molecule has 0 saturated heterocycles. The van der Waals surface area contributed by atoms with Crippen LogP contribution in [0.25, 0.3) is 22.6 Å². The summed E-state index contributed by atoms with van der Waals surface area (Å²) in [7, 11) is 0. The topological polar surface area (TPSA) is 72.7 Å². The van der Waals surface area contributed by atoms with Gasteiger partial charge in [0.1, 0.15) is 0 Å². The molecule has 0 fully saturated rings. The Hall–Kier alpha value is -2.49. The summed E-state index contributed by atoms with van der Waals surface area (Å²) in [5.74, 6) is 1.86. The molecule has 1 aromatic carbocycles. The Balaban J connectivity index is 1.27. The lowest BCUT2D eigenvalue weighted by atomic mass is 9.88. The van der Waals surface area contributed by atoms with Gasteiger partial charge in [-0.05, 0) is 37.2 Å². The van der Waals surface area contributed by atoms with Crippen LogP contribution in [-0.4, -0.2) is 31.4 Å². The van der Waals surface area contributed by atoms with Gasteiger partial charge in [-0.3, -0.25) is 4.79 Å². The molecule has 0 spiro atoms. The minimum absolute atomic E-state index is 0.0894.